The molecule has 25 heavy (non-hydrogen) atoms. The van der Waals surface area contributed by atoms with Crippen LogP contribution in [0.4, 0.5) is 0 Å². The van der Waals surface area contributed by atoms with Gasteiger partial charge in [-0.1, -0.05) is 30.3 Å². The van der Waals surface area contributed by atoms with Gasteiger partial charge in [0.2, 0.25) is 10.0 Å². The normalized spacial score (nSPS) is 12.5. The third-order valence-electron chi connectivity index (χ3n) is 3.59. The Morgan fingerprint density at radius 3 is 2.64 bits per heavy atom. The van der Waals surface area contributed by atoms with Crippen LogP contribution in [0.3, 0.4) is 0 Å². The van der Waals surface area contributed by atoms with Crippen LogP contribution in [0.5, 0.6) is 5.75 Å². The average molecular weight is 364 g/mol. The first-order valence-corrected chi connectivity index (χ1v) is 9.16. The van der Waals surface area contributed by atoms with E-state index in [2.05, 4.69) is 9.71 Å². The van der Waals surface area contributed by atoms with E-state index in [-0.39, 0.29) is 17.7 Å². The molecule has 8 heteroatoms. The van der Waals surface area contributed by atoms with Crippen molar-refractivity contribution >= 4 is 16.0 Å². The number of pyridine rings is 1. The predicted molar refractivity (Wildman–Crippen MR) is 91.9 cm³/mol. The number of ether oxygens (including phenoxy) is 1. The number of rotatable bonds is 9. The molecule has 1 unspecified atom stereocenters. The predicted octanol–water partition coefficient (Wildman–Crippen LogP) is 1.84. The van der Waals surface area contributed by atoms with Crippen LogP contribution in [-0.4, -0.2) is 37.6 Å². The van der Waals surface area contributed by atoms with Gasteiger partial charge < -0.3 is 9.84 Å². The molecule has 1 atom stereocenters. The van der Waals surface area contributed by atoms with Crippen molar-refractivity contribution in [3.05, 3.63) is 54.4 Å². The Hall–Kier alpha value is -2.45. The first kappa shape index (κ1) is 18.9. The summed E-state index contributed by atoms with van der Waals surface area (Å²) in [5.74, 6) is -0.645. The van der Waals surface area contributed by atoms with Gasteiger partial charge in [-0.25, -0.2) is 13.1 Å². The number of carboxylic acids is 1. The van der Waals surface area contributed by atoms with Gasteiger partial charge in [-0.15, -0.1) is 0 Å². The molecule has 0 aliphatic rings. The molecule has 0 amide bonds. The lowest BCUT2D eigenvalue weighted by Gasteiger charge is -2.18. The number of aromatic nitrogens is 1. The molecule has 2 aromatic rings. The molecule has 0 spiro atoms. The SMILES string of the molecule is COc1cncc(S(=O)(=O)NC(CCC(=O)O)Cc2ccccc2)c1. The fraction of sp³-hybridized carbons (Fsp3) is 0.294. The zero-order valence-electron chi connectivity index (χ0n) is 13.8. The Kier molecular flexibility index (Phi) is 6.49. The van der Waals surface area contributed by atoms with Crippen LogP contribution in [0.15, 0.2) is 53.7 Å². The molecule has 0 bridgehead atoms. The highest BCUT2D eigenvalue weighted by atomic mass is 32.2. The minimum atomic E-state index is -3.85. The Labute approximate surface area is 146 Å². The minimum absolute atomic E-state index is 0.0276. The fourth-order valence-corrected chi connectivity index (χ4v) is 3.59. The van der Waals surface area contributed by atoms with Crippen molar-refractivity contribution in [1.82, 2.24) is 9.71 Å². The summed E-state index contributed by atoms with van der Waals surface area (Å²) in [6.45, 7) is 0. The number of aliphatic carboxylic acids is 1. The summed E-state index contributed by atoms with van der Waals surface area (Å²) >= 11 is 0. The summed E-state index contributed by atoms with van der Waals surface area (Å²) in [6.07, 6.45) is 3.08. The summed E-state index contributed by atoms with van der Waals surface area (Å²) < 4.78 is 32.8. The molecule has 0 saturated carbocycles. The van der Waals surface area contributed by atoms with Crippen molar-refractivity contribution in [2.24, 2.45) is 0 Å². The standard InChI is InChI=1S/C17H20N2O5S/c1-24-15-10-16(12-18-11-15)25(22,23)19-14(7-8-17(20)21)9-13-5-3-2-4-6-13/h2-6,10-12,14,19H,7-9H2,1H3,(H,20,21). The van der Waals surface area contributed by atoms with Crippen molar-refractivity contribution in [3.8, 4) is 5.75 Å². The van der Waals surface area contributed by atoms with Gasteiger partial charge in [0.25, 0.3) is 0 Å². The van der Waals surface area contributed by atoms with Gasteiger partial charge in [-0.05, 0) is 18.4 Å². The highest BCUT2D eigenvalue weighted by Crippen LogP contribution is 2.17. The second kappa shape index (κ2) is 8.59. The monoisotopic (exact) mass is 364 g/mol. The average Bonchev–Trinajstić information content (AvgIpc) is 2.60. The van der Waals surface area contributed by atoms with E-state index in [1.165, 1.54) is 25.6 Å². The minimum Gasteiger partial charge on any atom is -0.495 e. The third kappa shape index (κ3) is 5.84. The van der Waals surface area contributed by atoms with Crippen LogP contribution in [0.1, 0.15) is 18.4 Å². The lowest BCUT2D eigenvalue weighted by molar-refractivity contribution is -0.137. The van der Waals surface area contributed by atoms with E-state index in [9.17, 15) is 13.2 Å². The van der Waals surface area contributed by atoms with Crippen LogP contribution in [0.25, 0.3) is 0 Å². The van der Waals surface area contributed by atoms with Gasteiger partial charge >= 0.3 is 5.97 Å². The summed E-state index contributed by atoms with van der Waals surface area (Å²) in [7, 11) is -2.42. The van der Waals surface area contributed by atoms with Crippen molar-refractivity contribution in [2.75, 3.05) is 7.11 Å². The number of nitrogens with one attached hydrogen (secondary N) is 1. The van der Waals surface area contributed by atoms with Crippen molar-refractivity contribution in [2.45, 2.75) is 30.2 Å². The molecule has 0 radical (unpaired) electrons. The van der Waals surface area contributed by atoms with E-state index in [0.717, 1.165) is 5.56 Å². The maximum Gasteiger partial charge on any atom is 0.303 e. The first-order chi connectivity index (χ1) is 11.9. The van der Waals surface area contributed by atoms with Crippen LogP contribution in [-0.2, 0) is 21.2 Å². The number of sulfonamides is 1. The van der Waals surface area contributed by atoms with Gasteiger partial charge in [-0.3, -0.25) is 9.78 Å². The molecular weight excluding hydrogens is 344 g/mol. The molecule has 0 saturated heterocycles. The van der Waals surface area contributed by atoms with Crippen LogP contribution < -0.4 is 9.46 Å². The molecule has 2 rings (SSSR count). The lowest BCUT2D eigenvalue weighted by atomic mass is 10.0. The van der Waals surface area contributed by atoms with Crippen molar-refractivity contribution in [3.63, 3.8) is 0 Å². The highest BCUT2D eigenvalue weighted by Gasteiger charge is 2.22. The largest absolute Gasteiger partial charge is 0.495 e. The summed E-state index contributed by atoms with van der Waals surface area (Å²) in [6, 6.07) is 10.1. The van der Waals surface area contributed by atoms with Crippen molar-refractivity contribution in [1.29, 1.82) is 0 Å². The number of carboxylic acid groups (broad SMARTS) is 1. The Morgan fingerprint density at radius 2 is 2.00 bits per heavy atom. The van der Waals surface area contributed by atoms with E-state index >= 15 is 0 Å². The molecule has 0 aliphatic heterocycles. The third-order valence-corrected chi connectivity index (χ3v) is 5.07. The van der Waals surface area contributed by atoms with Crippen LogP contribution in [0, 0.1) is 0 Å². The maximum absolute atomic E-state index is 12.6. The summed E-state index contributed by atoms with van der Waals surface area (Å²) in [5, 5.41) is 8.91. The van der Waals surface area contributed by atoms with E-state index in [1.807, 2.05) is 30.3 Å². The van der Waals surface area contributed by atoms with E-state index in [4.69, 9.17) is 9.84 Å². The number of benzene rings is 1. The number of methoxy groups -OCH3 is 1. The van der Waals surface area contributed by atoms with Gasteiger partial charge in [-0.2, -0.15) is 0 Å². The van der Waals surface area contributed by atoms with Crippen LogP contribution >= 0.6 is 0 Å². The molecule has 7 nitrogen and oxygen atoms in total. The lowest BCUT2D eigenvalue weighted by Crippen LogP contribution is -2.37. The fourth-order valence-electron chi connectivity index (χ4n) is 2.34. The van der Waals surface area contributed by atoms with Gasteiger partial charge in [0.05, 0.1) is 13.3 Å². The number of carbonyl (C=O) groups is 1. The molecule has 1 heterocycles. The van der Waals surface area contributed by atoms with E-state index in [1.54, 1.807) is 0 Å². The molecule has 1 aromatic carbocycles. The molecule has 2 N–H and O–H groups in total. The highest BCUT2D eigenvalue weighted by molar-refractivity contribution is 7.89. The quantitative estimate of drug-likeness (QED) is 0.703. The molecule has 134 valence electrons. The summed E-state index contributed by atoms with van der Waals surface area (Å²) in [4.78, 5) is 14.7. The topological polar surface area (TPSA) is 106 Å². The van der Waals surface area contributed by atoms with Gasteiger partial charge in [0, 0.05) is 24.7 Å². The molecule has 1 aromatic heterocycles. The number of hydrogen-bond acceptors (Lipinski definition) is 5. The Balaban J connectivity index is 2.19. The van der Waals surface area contributed by atoms with E-state index in [0.29, 0.717) is 12.2 Å². The second-order valence-electron chi connectivity index (χ2n) is 5.50. The smallest absolute Gasteiger partial charge is 0.303 e. The number of hydrogen-bond donors (Lipinski definition) is 2. The molecular formula is C17H20N2O5S. The summed E-state index contributed by atoms with van der Waals surface area (Å²) in [5.41, 5.74) is 0.921. The van der Waals surface area contributed by atoms with Gasteiger partial charge in [0.15, 0.2) is 0 Å². The number of nitrogens with zero attached hydrogens (tertiary/aromatic N) is 1. The zero-order valence-corrected chi connectivity index (χ0v) is 14.6. The molecule has 0 aliphatic carbocycles. The van der Waals surface area contributed by atoms with Crippen molar-refractivity contribution < 1.29 is 23.1 Å². The first-order valence-electron chi connectivity index (χ1n) is 7.68. The zero-order chi connectivity index (χ0) is 18.3. The second-order valence-corrected chi connectivity index (χ2v) is 7.21. The van der Waals surface area contributed by atoms with Crippen LogP contribution in [0.2, 0.25) is 0 Å². The Morgan fingerprint density at radius 1 is 1.28 bits per heavy atom. The van der Waals surface area contributed by atoms with E-state index < -0.39 is 22.0 Å². The maximum atomic E-state index is 12.6. The molecule has 0 fully saturated rings. The Bertz CT molecular complexity index is 809. The van der Waals surface area contributed by atoms with Gasteiger partial charge in [0.1, 0.15) is 10.6 Å².